The molecule has 2 aliphatic heterocycles. The van der Waals surface area contributed by atoms with Crippen LogP contribution in [0, 0.1) is 23.2 Å². The number of piperidine rings is 1. The molecule has 9 nitrogen and oxygen atoms in total. The number of Topliss-reactive ketones (excluding diaryl/α,β-unsaturated/α-hetero) is 1. The molecule has 3 aliphatic rings. The molecule has 0 aromatic carbocycles. The van der Waals surface area contributed by atoms with Crippen LogP contribution in [0.5, 0.6) is 0 Å². The lowest BCUT2D eigenvalue weighted by atomic mass is 9.94. The Labute approximate surface area is 189 Å². The normalized spacial score (nSPS) is 29.8. The molecule has 2 heterocycles. The molecule has 0 bridgehead atoms. The maximum atomic E-state index is 13.3. The summed E-state index contributed by atoms with van der Waals surface area (Å²) in [5, 5.41) is 15.1. The second-order valence-electron chi connectivity index (χ2n) is 9.59. The smallest absolute Gasteiger partial charge is 0.383 e. The second-order valence-corrected chi connectivity index (χ2v) is 9.59. The van der Waals surface area contributed by atoms with Crippen LogP contribution in [0.2, 0.25) is 0 Å². The fraction of sp³-hybridized carbons (Fsp3) is 0.810. The van der Waals surface area contributed by atoms with Crippen LogP contribution in [0.1, 0.15) is 40.0 Å². The van der Waals surface area contributed by atoms with Crippen molar-refractivity contribution in [3.63, 3.8) is 0 Å². The quantitative estimate of drug-likeness (QED) is 0.440. The summed E-state index contributed by atoms with van der Waals surface area (Å²) in [6.45, 7) is 4.86. The molecule has 0 aromatic heterocycles. The van der Waals surface area contributed by atoms with Crippen molar-refractivity contribution in [2.45, 2.75) is 64.6 Å². The highest BCUT2D eigenvalue weighted by Gasteiger charge is 2.69. The lowest BCUT2D eigenvalue weighted by Gasteiger charge is -2.32. The monoisotopic (exact) mass is 477 g/mol. The summed E-state index contributed by atoms with van der Waals surface area (Å²) in [4.78, 5) is 51.7. The minimum atomic E-state index is -5.02. The van der Waals surface area contributed by atoms with Crippen LogP contribution in [0.3, 0.4) is 0 Å². The molecule has 0 unspecified atom stereocenters. The van der Waals surface area contributed by atoms with Gasteiger partial charge in [-0.25, -0.2) is 0 Å². The first-order valence-electron chi connectivity index (χ1n) is 11.1. The third kappa shape index (κ3) is 5.32. The van der Waals surface area contributed by atoms with Crippen LogP contribution in [0.15, 0.2) is 0 Å². The number of fused-ring (bicyclic) bond motifs is 1. The number of likely N-dealkylation sites (tertiary alicyclic amines) is 1. The van der Waals surface area contributed by atoms with Gasteiger partial charge in [-0.2, -0.15) is 0 Å². The summed E-state index contributed by atoms with van der Waals surface area (Å²) in [5.41, 5.74) is -0.236. The van der Waals surface area contributed by atoms with Crippen molar-refractivity contribution in [2.24, 2.45) is 23.2 Å². The molecule has 33 heavy (non-hydrogen) atoms. The third-order valence-corrected chi connectivity index (χ3v) is 7.20. The van der Waals surface area contributed by atoms with E-state index in [1.807, 2.05) is 13.8 Å². The number of carbonyl (C=O) groups excluding carboxylic acids is 4. The Morgan fingerprint density at radius 1 is 1.33 bits per heavy atom. The van der Waals surface area contributed by atoms with Crippen LogP contribution in [-0.2, 0) is 23.9 Å². The SMILES string of the molecule is CC[C@@H](O)C(=O)N1C[C@H]2[C@@H]([C@H]1C(=O)N[C@@H](C[C@@H]1CCNC1=O)C(=O)COC(F)(F)F)C2(C)C. The third-order valence-electron chi connectivity index (χ3n) is 7.20. The molecule has 0 aromatic rings. The Hall–Kier alpha value is -2.21. The van der Waals surface area contributed by atoms with Crippen molar-refractivity contribution < 1.29 is 42.2 Å². The van der Waals surface area contributed by atoms with Gasteiger partial charge in [0.05, 0.1) is 6.04 Å². The van der Waals surface area contributed by atoms with Gasteiger partial charge >= 0.3 is 6.36 Å². The molecular weight excluding hydrogens is 447 g/mol. The predicted molar refractivity (Wildman–Crippen MR) is 107 cm³/mol. The fourth-order valence-electron chi connectivity index (χ4n) is 5.12. The van der Waals surface area contributed by atoms with Crippen LogP contribution < -0.4 is 10.6 Å². The van der Waals surface area contributed by atoms with Crippen LogP contribution in [0.25, 0.3) is 0 Å². The van der Waals surface area contributed by atoms with E-state index in [0.29, 0.717) is 13.0 Å². The Morgan fingerprint density at radius 3 is 2.55 bits per heavy atom. The summed E-state index contributed by atoms with van der Waals surface area (Å²) in [5.74, 6) is -3.46. The molecule has 3 N–H and O–H groups in total. The van der Waals surface area contributed by atoms with Crippen molar-refractivity contribution in [3.8, 4) is 0 Å². The number of nitrogens with one attached hydrogen (secondary N) is 2. The molecule has 3 rings (SSSR count). The summed E-state index contributed by atoms with van der Waals surface area (Å²) in [6.07, 6.45) is -5.93. The summed E-state index contributed by atoms with van der Waals surface area (Å²) in [7, 11) is 0. The number of ether oxygens (including phenoxy) is 1. The zero-order valence-electron chi connectivity index (χ0n) is 18.8. The Bertz CT molecular complexity index is 818. The van der Waals surface area contributed by atoms with Crippen molar-refractivity contribution in [1.29, 1.82) is 0 Å². The van der Waals surface area contributed by atoms with Gasteiger partial charge in [-0.15, -0.1) is 13.2 Å². The highest BCUT2D eigenvalue weighted by Crippen LogP contribution is 2.64. The highest BCUT2D eigenvalue weighted by molar-refractivity contribution is 5.95. The summed E-state index contributed by atoms with van der Waals surface area (Å²) < 4.78 is 41.0. The van der Waals surface area contributed by atoms with Gasteiger partial charge in [0.25, 0.3) is 5.91 Å². The minimum absolute atomic E-state index is 0.0320. The maximum absolute atomic E-state index is 13.3. The zero-order valence-corrected chi connectivity index (χ0v) is 18.8. The van der Waals surface area contributed by atoms with E-state index in [9.17, 15) is 37.5 Å². The molecule has 6 atom stereocenters. The number of nitrogens with zero attached hydrogens (tertiary/aromatic N) is 1. The molecule has 1 saturated carbocycles. The van der Waals surface area contributed by atoms with Gasteiger partial charge in [0.15, 0.2) is 5.78 Å². The van der Waals surface area contributed by atoms with Gasteiger partial charge in [0.1, 0.15) is 18.8 Å². The van der Waals surface area contributed by atoms with E-state index in [1.54, 1.807) is 6.92 Å². The van der Waals surface area contributed by atoms with E-state index in [2.05, 4.69) is 15.4 Å². The van der Waals surface area contributed by atoms with E-state index in [0.717, 1.165) is 0 Å². The van der Waals surface area contributed by atoms with Gasteiger partial charge in [-0.3, -0.25) is 23.9 Å². The van der Waals surface area contributed by atoms with E-state index in [4.69, 9.17) is 0 Å². The molecule has 1 aliphatic carbocycles. The highest BCUT2D eigenvalue weighted by atomic mass is 19.4. The zero-order chi connectivity index (χ0) is 24.7. The van der Waals surface area contributed by atoms with Gasteiger partial charge < -0.3 is 20.6 Å². The number of aliphatic hydroxyl groups is 1. The summed E-state index contributed by atoms with van der Waals surface area (Å²) in [6, 6.07) is -2.35. The first kappa shape index (κ1) is 25.4. The lowest BCUT2D eigenvalue weighted by molar-refractivity contribution is -0.321. The predicted octanol–water partition coefficient (Wildman–Crippen LogP) is 0.357. The standard InChI is InChI=1S/C21H30F3N3O6/c1-4-13(28)19(32)27-8-11-15(20(11,2)3)16(27)18(31)26-12(7-10-5-6-25-17(10)30)14(29)9-33-21(22,23)24/h10-13,15-16,28H,4-9H2,1-3H3,(H,25,30)(H,26,31)/t10-,11-,12-,13+,15-,16-/m0/s1. The van der Waals surface area contributed by atoms with Crippen molar-refractivity contribution in [1.82, 2.24) is 15.5 Å². The molecule has 12 heteroatoms. The number of hydrogen-bond donors (Lipinski definition) is 3. The number of halogens is 3. The van der Waals surface area contributed by atoms with Crippen LogP contribution in [0.4, 0.5) is 13.2 Å². The molecule has 0 spiro atoms. The molecule has 186 valence electrons. The molecule has 3 fully saturated rings. The van der Waals surface area contributed by atoms with Gasteiger partial charge in [-0.1, -0.05) is 20.8 Å². The molecular formula is C21H30F3N3O6. The second kappa shape index (κ2) is 9.21. The number of aliphatic hydroxyl groups excluding tert-OH is 1. The molecule has 3 amide bonds. The molecule has 0 radical (unpaired) electrons. The number of carbonyl (C=O) groups is 4. The Kier molecular flexibility index (Phi) is 7.09. The summed E-state index contributed by atoms with van der Waals surface area (Å²) >= 11 is 0. The van der Waals surface area contributed by atoms with Crippen LogP contribution in [-0.4, -0.2) is 77.8 Å². The average Bonchev–Trinajstić information content (AvgIpc) is 3.11. The lowest BCUT2D eigenvalue weighted by Crippen LogP contribution is -2.56. The first-order valence-corrected chi connectivity index (χ1v) is 11.1. The number of alkyl halides is 3. The van der Waals surface area contributed by atoms with Crippen LogP contribution >= 0.6 is 0 Å². The Balaban J connectivity index is 1.77. The van der Waals surface area contributed by atoms with Crippen molar-refractivity contribution in [3.05, 3.63) is 0 Å². The number of amides is 3. The van der Waals surface area contributed by atoms with Gasteiger partial charge in [-0.05, 0) is 36.5 Å². The Morgan fingerprint density at radius 2 is 2.00 bits per heavy atom. The van der Waals surface area contributed by atoms with E-state index in [-0.39, 0.29) is 42.5 Å². The minimum Gasteiger partial charge on any atom is -0.383 e. The van der Waals surface area contributed by atoms with Gasteiger partial charge in [0, 0.05) is 19.0 Å². The van der Waals surface area contributed by atoms with E-state index < -0.39 is 54.7 Å². The largest absolute Gasteiger partial charge is 0.522 e. The van der Waals surface area contributed by atoms with Crippen molar-refractivity contribution in [2.75, 3.05) is 19.7 Å². The number of ketones is 1. The maximum Gasteiger partial charge on any atom is 0.522 e. The average molecular weight is 477 g/mol. The molecule has 2 saturated heterocycles. The number of rotatable bonds is 9. The van der Waals surface area contributed by atoms with E-state index in [1.165, 1.54) is 4.90 Å². The fourth-order valence-corrected chi connectivity index (χ4v) is 5.12. The van der Waals surface area contributed by atoms with Gasteiger partial charge in [0.2, 0.25) is 11.8 Å². The number of hydrogen-bond acceptors (Lipinski definition) is 6. The van der Waals surface area contributed by atoms with Crippen molar-refractivity contribution >= 4 is 23.5 Å². The first-order chi connectivity index (χ1) is 15.3. The van der Waals surface area contributed by atoms with E-state index >= 15 is 0 Å². The topological polar surface area (TPSA) is 125 Å².